The highest BCUT2D eigenvalue weighted by Gasteiger charge is 2.16. The van der Waals surface area contributed by atoms with E-state index in [4.69, 9.17) is 14.3 Å². The van der Waals surface area contributed by atoms with Crippen LogP contribution in [0.4, 0.5) is 0 Å². The smallest absolute Gasteiger partial charge is 0.402 e. The fraction of sp³-hybridized carbons (Fsp3) is 1.00. The summed E-state index contributed by atoms with van der Waals surface area (Å²) in [4.78, 5) is 0. The van der Waals surface area contributed by atoms with Crippen LogP contribution in [-0.4, -0.2) is 25.6 Å². The van der Waals surface area contributed by atoms with Gasteiger partial charge in [-0.15, -0.1) is 0 Å². The van der Waals surface area contributed by atoms with Crippen LogP contribution in [0.3, 0.4) is 0 Å². The molecule has 46 valence electrons. The Balaban J connectivity index is 2.17. The van der Waals surface area contributed by atoms with Crippen molar-refractivity contribution in [3.8, 4) is 0 Å². The van der Waals surface area contributed by atoms with Gasteiger partial charge in [-0.3, -0.25) is 0 Å². The molecule has 0 saturated carbocycles. The van der Waals surface area contributed by atoms with Gasteiger partial charge in [0.1, 0.15) is 0 Å². The maximum Gasteiger partial charge on any atom is 0.636 e. The van der Waals surface area contributed by atoms with E-state index in [0.29, 0.717) is 13.2 Å². The van der Waals surface area contributed by atoms with E-state index in [1.165, 1.54) is 0 Å². The molecular weight excluding hydrogens is 107 g/mol. The second-order valence-electron chi connectivity index (χ2n) is 1.76. The van der Waals surface area contributed by atoms with E-state index in [9.17, 15) is 0 Å². The molecule has 0 aromatic heterocycles. The van der Waals surface area contributed by atoms with Gasteiger partial charge in [0, 0.05) is 13.2 Å². The Morgan fingerprint density at radius 2 is 1.62 bits per heavy atom. The van der Waals surface area contributed by atoms with Crippen LogP contribution >= 0.6 is 0 Å². The number of hydrogen-bond donors (Lipinski definition) is 1. The zero-order valence-electron chi connectivity index (χ0n) is 4.67. The van der Waals surface area contributed by atoms with E-state index in [0.717, 1.165) is 12.8 Å². The zero-order valence-corrected chi connectivity index (χ0v) is 4.67. The summed E-state index contributed by atoms with van der Waals surface area (Å²) >= 11 is 0. The monoisotopic (exact) mass is 116 g/mol. The fourth-order valence-corrected chi connectivity index (χ4v) is 0.621. The van der Waals surface area contributed by atoms with Crippen LogP contribution < -0.4 is 0 Å². The molecule has 1 fully saturated rings. The van der Waals surface area contributed by atoms with Crippen molar-refractivity contribution >= 4 is 7.32 Å². The fourth-order valence-electron chi connectivity index (χ4n) is 0.621. The molecule has 0 aromatic carbocycles. The van der Waals surface area contributed by atoms with Crippen molar-refractivity contribution < 1.29 is 14.3 Å². The molecule has 0 aliphatic carbocycles. The molecule has 1 saturated heterocycles. The van der Waals surface area contributed by atoms with Gasteiger partial charge in [0.25, 0.3) is 0 Å². The lowest BCUT2D eigenvalue weighted by molar-refractivity contribution is 0.161. The molecule has 0 amide bonds. The Morgan fingerprint density at radius 3 is 2.12 bits per heavy atom. The Bertz CT molecular complexity index is 60.3. The summed E-state index contributed by atoms with van der Waals surface area (Å²) in [5, 5.41) is 8.64. The first kappa shape index (κ1) is 6.07. The van der Waals surface area contributed by atoms with E-state index >= 15 is 0 Å². The minimum Gasteiger partial charge on any atom is -0.402 e. The van der Waals surface area contributed by atoms with Crippen molar-refractivity contribution in [2.75, 3.05) is 13.2 Å². The molecule has 1 N–H and O–H groups in total. The summed E-state index contributed by atoms with van der Waals surface area (Å²) < 4.78 is 9.47. The average Bonchev–Trinajstić information content (AvgIpc) is 1.94. The maximum atomic E-state index is 8.64. The van der Waals surface area contributed by atoms with Gasteiger partial charge in [0.2, 0.25) is 0 Å². The molecule has 0 atom stereocenters. The zero-order chi connectivity index (χ0) is 5.82. The van der Waals surface area contributed by atoms with Gasteiger partial charge in [-0.1, -0.05) is 0 Å². The number of rotatable bonds is 0. The maximum absolute atomic E-state index is 8.64. The first-order valence-electron chi connectivity index (χ1n) is 2.81. The number of hydrogen-bond acceptors (Lipinski definition) is 3. The molecule has 1 aliphatic rings. The summed E-state index contributed by atoms with van der Waals surface area (Å²) in [6.45, 7) is 1.22. The lowest BCUT2D eigenvalue weighted by atomic mass is 10.2. The second-order valence-corrected chi connectivity index (χ2v) is 1.76. The molecule has 0 aromatic rings. The van der Waals surface area contributed by atoms with Crippen LogP contribution in [-0.2, 0) is 9.31 Å². The minimum atomic E-state index is -0.975. The molecule has 0 radical (unpaired) electrons. The van der Waals surface area contributed by atoms with Crippen LogP contribution in [0.15, 0.2) is 0 Å². The van der Waals surface area contributed by atoms with Crippen LogP contribution in [0.25, 0.3) is 0 Å². The third-order valence-electron chi connectivity index (χ3n) is 1.06. The van der Waals surface area contributed by atoms with E-state index in [1.54, 1.807) is 0 Å². The van der Waals surface area contributed by atoms with Gasteiger partial charge in [-0.05, 0) is 12.8 Å². The molecule has 1 aliphatic heterocycles. The normalized spacial score (nSPS) is 22.9. The van der Waals surface area contributed by atoms with Gasteiger partial charge >= 0.3 is 7.32 Å². The quantitative estimate of drug-likeness (QED) is 0.445. The van der Waals surface area contributed by atoms with Crippen molar-refractivity contribution in [3.05, 3.63) is 0 Å². The van der Waals surface area contributed by atoms with Crippen LogP contribution in [0, 0.1) is 0 Å². The molecule has 0 bridgehead atoms. The highest BCUT2D eigenvalue weighted by Crippen LogP contribution is 1.99. The first-order valence-corrected chi connectivity index (χ1v) is 2.81. The molecule has 1 heterocycles. The van der Waals surface area contributed by atoms with Gasteiger partial charge in [0.05, 0.1) is 0 Å². The van der Waals surface area contributed by atoms with Crippen LogP contribution in [0.2, 0.25) is 0 Å². The molecule has 8 heavy (non-hydrogen) atoms. The molecule has 0 unspecified atom stereocenters. The Morgan fingerprint density at radius 1 is 1.12 bits per heavy atom. The Kier molecular flexibility index (Phi) is 2.33. The van der Waals surface area contributed by atoms with Crippen molar-refractivity contribution in [3.63, 3.8) is 0 Å². The van der Waals surface area contributed by atoms with Gasteiger partial charge in [0.15, 0.2) is 0 Å². The van der Waals surface area contributed by atoms with E-state index in [2.05, 4.69) is 0 Å². The van der Waals surface area contributed by atoms with Gasteiger partial charge in [-0.2, -0.15) is 0 Å². The minimum absolute atomic E-state index is 0.612. The highest BCUT2D eigenvalue weighted by atomic mass is 16.7. The molecule has 0 spiro atoms. The van der Waals surface area contributed by atoms with E-state index in [-0.39, 0.29) is 0 Å². The van der Waals surface area contributed by atoms with Crippen LogP contribution in [0.5, 0.6) is 0 Å². The summed E-state index contributed by atoms with van der Waals surface area (Å²) in [7, 11) is -0.975. The summed E-state index contributed by atoms with van der Waals surface area (Å²) in [5.74, 6) is 0. The van der Waals surface area contributed by atoms with Crippen LogP contribution in [0.1, 0.15) is 12.8 Å². The molecule has 3 nitrogen and oxygen atoms in total. The second kappa shape index (κ2) is 3.07. The predicted octanol–water partition coefficient (Wildman–Crippen LogP) is -0.209. The third kappa shape index (κ3) is 1.82. The van der Waals surface area contributed by atoms with Crippen molar-refractivity contribution in [1.29, 1.82) is 0 Å². The van der Waals surface area contributed by atoms with Gasteiger partial charge in [-0.25, -0.2) is 0 Å². The third-order valence-corrected chi connectivity index (χ3v) is 1.06. The largest absolute Gasteiger partial charge is 0.636 e. The molecular formula is C4H9BO3. The highest BCUT2D eigenvalue weighted by molar-refractivity contribution is 6.34. The summed E-state index contributed by atoms with van der Waals surface area (Å²) in [6, 6.07) is 0. The SMILES string of the molecule is OB1OCCCCO1. The predicted molar refractivity (Wildman–Crippen MR) is 29.1 cm³/mol. The topological polar surface area (TPSA) is 38.7 Å². The standard InChI is InChI=1S/C4H9BO3/c6-5-7-3-1-2-4-8-5/h6H,1-4H2. The van der Waals surface area contributed by atoms with E-state index < -0.39 is 7.32 Å². The van der Waals surface area contributed by atoms with Crippen molar-refractivity contribution in [2.24, 2.45) is 0 Å². The summed E-state index contributed by atoms with van der Waals surface area (Å²) in [5.41, 5.74) is 0. The first-order chi connectivity index (χ1) is 3.89. The lowest BCUT2D eigenvalue weighted by Crippen LogP contribution is -2.20. The van der Waals surface area contributed by atoms with E-state index in [1.807, 2.05) is 0 Å². The van der Waals surface area contributed by atoms with Crippen molar-refractivity contribution in [1.82, 2.24) is 0 Å². The Hall–Kier alpha value is -0.0551. The van der Waals surface area contributed by atoms with Crippen molar-refractivity contribution in [2.45, 2.75) is 12.8 Å². The summed E-state index contributed by atoms with van der Waals surface area (Å²) in [6.07, 6.45) is 1.97. The lowest BCUT2D eigenvalue weighted by Gasteiger charge is -1.98. The Labute approximate surface area is 48.8 Å². The molecule has 4 heteroatoms. The molecule has 1 rings (SSSR count). The van der Waals surface area contributed by atoms with Gasteiger partial charge < -0.3 is 14.3 Å². The average molecular weight is 116 g/mol.